The molecule has 0 aliphatic carbocycles. The fourth-order valence-corrected chi connectivity index (χ4v) is 1.57. The van der Waals surface area contributed by atoms with Crippen LogP contribution in [0.4, 0.5) is 0 Å². The zero-order valence-corrected chi connectivity index (χ0v) is 11.0. The fourth-order valence-electron chi connectivity index (χ4n) is 1.22. The van der Waals surface area contributed by atoms with Gasteiger partial charge in [0, 0.05) is 0 Å². The zero-order valence-electron chi connectivity index (χ0n) is 8.99. The van der Waals surface area contributed by atoms with Gasteiger partial charge in [-0.15, -0.1) is 0 Å². The fraction of sp³-hybridized carbons (Fsp3) is 1.00. The van der Waals surface area contributed by atoms with E-state index in [0.29, 0.717) is 10.0 Å². The van der Waals surface area contributed by atoms with E-state index in [0.717, 1.165) is 10.5 Å². The minimum absolute atomic E-state index is 0.0461. The monoisotopic (exact) mass is 166 g/mol. The molecule has 0 aromatic rings. The molecule has 0 aromatic carbocycles. The van der Waals surface area contributed by atoms with Crippen LogP contribution >= 0.6 is 0 Å². The third-order valence-electron chi connectivity index (χ3n) is 2.87. The molecular formula is C8H19LiOSi. The standard InChI is InChI=1S/C8H19OSi.Li/c1-7(2,3)6-8(4,5)9-10;/h6H,1-5,10H3;. The second-order valence-electron chi connectivity index (χ2n) is 4.90. The van der Waals surface area contributed by atoms with Crippen LogP contribution in [0.1, 0.15) is 34.6 Å². The Morgan fingerprint density at radius 1 is 1.18 bits per heavy atom. The van der Waals surface area contributed by atoms with E-state index < -0.39 is 0 Å². The predicted octanol–water partition coefficient (Wildman–Crippen LogP) is 1.07. The number of hydrogen-bond acceptors (Lipinski definition) is 1. The second-order valence-corrected chi connectivity index (χ2v) is 5.30. The number of hydrogen-bond donors (Lipinski definition) is 0. The molecule has 0 N–H and O–H groups in total. The summed E-state index contributed by atoms with van der Waals surface area (Å²) in [6.07, 6.45) is 0. The van der Waals surface area contributed by atoms with Crippen LogP contribution in [0.25, 0.3) is 0 Å². The molecule has 1 nitrogen and oxygen atoms in total. The van der Waals surface area contributed by atoms with Crippen LogP contribution in [0.15, 0.2) is 0 Å². The average Bonchev–Trinajstić information content (AvgIpc) is 1.84. The van der Waals surface area contributed by atoms with E-state index in [1.807, 2.05) is 0 Å². The first-order valence-electron chi connectivity index (χ1n) is 4.27. The average molecular weight is 166 g/mol. The summed E-state index contributed by atoms with van der Waals surface area (Å²) in [5, 5.41) is 0. The van der Waals surface area contributed by atoms with E-state index in [-0.39, 0.29) is 5.60 Å². The first-order valence-corrected chi connectivity index (χ1v) is 5.08. The van der Waals surface area contributed by atoms with Crippen molar-refractivity contribution in [2.45, 2.75) is 44.8 Å². The molecule has 0 heterocycles. The van der Waals surface area contributed by atoms with Crippen molar-refractivity contribution >= 4 is 28.2 Å². The molecule has 0 bridgehead atoms. The Labute approximate surface area is 83.0 Å². The first kappa shape index (κ1) is 11.8. The molecule has 62 valence electrons. The summed E-state index contributed by atoms with van der Waals surface area (Å²) in [6, 6.07) is 0. The van der Waals surface area contributed by atoms with Gasteiger partial charge in [-0.25, -0.2) is 0 Å². The molecule has 0 fully saturated rings. The molecule has 0 radical (unpaired) electrons. The summed E-state index contributed by atoms with van der Waals surface area (Å²) < 4.78 is 6.16. The third kappa shape index (κ3) is 3.33. The Bertz CT molecular complexity index is 129. The van der Waals surface area contributed by atoms with Crippen LogP contribution in [-0.4, -0.2) is 33.8 Å². The van der Waals surface area contributed by atoms with E-state index in [2.05, 4.69) is 52.3 Å². The van der Waals surface area contributed by atoms with E-state index in [1.165, 1.54) is 0 Å². The third-order valence-corrected chi connectivity index (χ3v) is 3.92. The molecular weight excluding hydrogens is 147 g/mol. The summed E-state index contributed by atoms with van der Waals surface area (Å²) in [7, 11) is 0.829. The molecule has 0 aliphatic rings. The summed E-state index contributed by atoms with van der Waals surface area (Å²) in [6.45, 7) is 11.1. The molecule has 1 unspecified atom stereocenters. The second kappa shape index (κ2) is 3.66. The van der Waals surface area contributed by atoms with Gasteiger partial charge in [0.15, 0.2) is 0 Å². The molecule has 0 aliphatic heterocycles. The van der Waals surface area contributed by atoms with Crippen molar-refractivity contribution in [3.05, 3.63) is 0 Å². The Hall–Kier alpha value is 0.774. The maximum absolute atomic E-state index is 5.56. The summed E-state index contributed by atoms with van der Waals surface area (Å²) in [4.78, 5) is 0. The first-order chi connectivity index (χ1) is 4.72. The van der Waals surface area contributed by atoms with E-state index >= 15 is 0 Å². The zero-order chi connectivity index (χ0) is 9.28. The quantitative estimate of drug-likeness (QED) is 0.557. The van der Waals surface area contributed by atoms with Gasteiger partial charge in [0.05, 0.1) is 0 Å². The molecule has 0 rings (SSSR count). The normalized spacial score (nSPS) is 17.0. The van der Waals surface area contributed by atoms with Crippen molar-refractivity contribution in [2.24, 2.45) is 5.41 Å². The van der Waals surface area contributed by atoms with Crippen LogP contribution in [0.3, 0.4) is 0 Å². The maximum atomic E-state index is 5.56. The minimum atomic E-state index is 0.0461. The van der Waals surface area contributed by atoms with Crippen LogP contribution in [-0.2, 0) is 4.43 Å². The van der Waals surface area contributed by atoms with Gasteiger partial charge in [0.1, 0.15) is 0 Å². The molecule has 0 saturated carbocycles. The van der Waals surface area contributed by atoms with Crippen LogP contribution in [0.2, 0.25) is 4.59 Å². The van der Waals surface area contributed by atoms with Crippen molar-refractivity contribution in [3.63, 3.8) is 0 Å². The van der Waals surface area contributed by atoms with Gasteiger partial charge in [0.2, 0.25) is 0 Å². The predicted molar refractivity (Wildman–Crippen MR) is 54.1 cm³/mol. The van der Waals surface area contributed by atoms with Gasteiger partial charge < -0.3 is 0 Å². The van der Waals surface area contributed by atoms with Crippen molar-refractivity contribution < 1.29 is 4.43 Å². The summed E-state index contributed by atoms with van der Waals surface area (Å²) in [5.41, 5.74) is 0.387. The van der Waals surface area contributed by atoms with Gasteiger partial charge in [-0.1, -0.05) is 0 Å². The Morgan fingerprint density at radius 2 is 1.55 bits per heavy atom. The molecule has 0 spiro atoms. The topological polar surface area (TPSA) is 9.23 Å². The van der Waals surface area contributed by atoms with Crippen molar-refractivity contribution in [2.75, 3.05) is 0 Å². The summed E-state index contributed by atoms with van der Waals surface area (Å²) >= 11 is 2.26. The Morgan fingerprint density at radius 3 is 1.64 bits per heavy atom. The van der Waals surface area contributed by atoms with Gasteiger partial charge in [-0.3, -0.25) is 0 Å². The molecule has 11 heavy (non-hydrogen) atoms. The van der Waals surface area contributed by atoms with E-state index in [9.17, 15) is 0 Å². The Kier molecular flexibility index (Phi) is 3.92. The molecule has 0 aromatic heterocycles. The van der Waals surface area contributed by atoms with Crippen LogP contribution in [0.5, 0.6) is 0 Å². The molecule has 1 atom stereocenters. The van der Waals surface area contributed by atoms with Gasteiger partial charge in [-0.05, 0) is 0 Å². The molecule has 0 saturated heterocycles. The van der Waals surface area contributed by atoms with Gasteiger partial charge in [0.25, 0.3) is 0 Å². The van der Waals surface area contributed by atoms with Crippen LogP contribution < -0.4 is 0 Å². The van der Waals surface area contributed by atoms with Crippen molar-refractivity contribution in [1.82, 2.24) is 0 Å². The van der Waals surface area contributed by atoms with Crippen molar-refractivity contribution in [3.8, 4) is 0 Å². The number of rotatable bonds is 2. The van der Waals surface area contributed by atoms with E-state index in [1.54, 1.807) is 0 Å². The van der Waals surface area contributed by atoms with Crippen molar-refractivity contribution in [1.29, 1.82) is 0 Å². The summed E-state index contributed by atoms with van der Waals surface area (Å²) in [5.74, 6) is 0. The van der Waals surface area contributed by atoms with E-state index in [4.69, 9.17) is 4.43 Å². The SMILES string of the molecule is [Li][CH](C(C)(C)C)C(C)(C)O[SiH3]. The van der Waals surface area contributed by atoms with Gasteiger partial charge >= 0.3 is 82.9 Å². The van der Waals surface area contributed by atoms with Gasteiger partial charge in [-0.2, -0.15) is 0 Å². The molecule has 0 amide bonds. The Balaban J connectivity index is 4.35. The van der Waals surface area contributed by atoms with Crippen LogP contribution in [0, 0.1) is 5.41 Å². The molecule has 3 heteroatoms.